The van der Waals surface area contributed by atoms with Gasteiger partial charge in [0.25, 0.3) is 0 Å². The molecule has 0 bridgehead atoms. The van der Waals surface area contributed by atoms with E-state index in [9.17, 15) is 4.79 Å². The maximum Gasteiger partial charge on any atom is 0.225 e. The number of aryl methyl sites for hydroxylation is 2. The minimum atomic E-state index is -0.00323. The summed E-state index contributed by atoms with van der Waals surface area (Å²) >= 11 is 0. The van der Waals surface area contributed by atoms with Crippen LogP contribution < -0.4 is 4.90 Å². The Morgan fingerprint density at radius 2 is 1.88 bits per heavy atom. The number of carbonyl (C=O) groups excluding carboxylic acids is 1. The van der Waals surface area contributed by atoms with Crippen molar-refractivity contribution in [2.75, 3.05) is 58.4 Å². The van der Waals surface area contributed by atoms with Crippen molar-refractivity contribution in [1.82, 2.24) is 19.8 Å². The molecule has 144 valence electrons. The molecule has 2 fully saturated rings. The third-order valence-electron chi connectivity index (χ3n) is 5.82. The number of carbonyl (C=O) groups is 1. The van der Waals surface area contributed by atoms with Gasteiger partial charge in [0.15, 0.2) is 0 Å². The van der Waals surface area contributed by atoms with Gasteiger partial charge in [-0.1, -0.05) is 0 Å². The fourth-order valence-corrected chi connectivity index (χ4v) is 4.15. The van der Waals surface area contributed by atoms with Crippen molar-refractivity contribution in [2.45, 2.75) is 38.6 Å². The Morgan fingerprint density at radius 3 is 2.58 bits per heavy atom. The molecular formula is C19H31N5O2. The summed E-state index contributed by atoms with van der Waals surface area (Å²) in [6.45, 7) is 8.84. The first-order valence-electron chi connectivity index (χ1n) is 9.49. The van der Waals surface area contributed by atoms with Crippen molar-refractivity contribution in [3.63, 3.8) is 0 Å². The Labute approximate surface area is 156 Å². The molecule has 0 radical (unpaired) electrons. The zero-order chi connectivity index (χ0) is 18.7. The van der Waals surface area contributed by atoms with E-state index in [1.54, 1.807) is 7.11 Å². The van der Waals surface area contributed by atoms with Crippen LogP contribution in [0.5, 0.6) is 0 Å². The van der Waals surface area contributed by atoms with Crippen molar-refractivity contribution < 1.29 is 9.53 Å². The van der Waals surface area contributed by atoms with Gasteiger partial charge < -0.3 is 14.5 Å². The van der Waals surface area contributed by atoms with Crippen LogP contribution in [0.2, 0.25) is 0 Å². The minimum absolute atomic E-state index is 0.00323. The topological polar surface area (TPSA) is 61.8 Å². The van der Waals surface area contributed by atoms with Gasteiger partial charge in [-0.05, 0) is 39.8 Å². The summed E-state index contributed by atoms with van der Waals surface area (Å²) < 4.78 is 5.16. The van der Waals surface area contributed by atoms with Crippen LogP contribution in [-0.4, -0.2) is 84.7 Å². The van der Waals surface area contributed by atoms with Gasteiger partial charge in [-0.3, -0.25) is 9.69 Å². The zero-order valence-corrected chi connectivity index (χ0v) is 16.5. The molecule has 1 unspecified atom stereocenters. The number of ether oxygens (including phenoxy) is 1. The Balaban J connectivity index is 1.78. The molecule has 2 aliphatic heterocycles. The summed E-state index contributed by atoms with van der Waals surface area (Å²) in [6.07, 6.45) is 2.45. The lowest BCUT2D eigenvalue weighted by Crippen LogP contribution is -2.61. The lowest BCUT2D eigenvalue weighted by atomic mass is 9.86. The average Bonchev–Trinajstić information content (AvgIpc) is 2.75. The van der Waals surface area contributed by atoms with Gasteiger partial charge in [0.2, 0.25) is 11.9 Å². The molecular weight excluding hydrogens is 330 g/mol. The van der Waals surface area contributed by atoms with Crippen LogP contribution in [0.25, 0.3) is 0 Å². The summed E-state index contributed by atoms with van der Waals surface area (Å²) in [5, 5.41) is 0. The Kier molecular flexibility index (Phi) is 5.77. The summed E-state index contributed by atoms with van der Waals surface area (Å²) in [7, 11) is 3.87. The van der Waals surface area contributed by atoms with Crippen LogP contribution in [0.15, 0.2) is 6.07 Å². The van der Waals surface area contributed by atoms with E-state index in [0.717, 1.165) is 56.4 Å². The molecule has 1 aromatic heterocycles. The number of likely N-dealkylation sites (tertiary alicyclic amines) is 1. The Bertz CT molecular complexity index is 633. The van der Waals surface area contributed by atoms with E-state index in [2.05, 4.69) is 26.8 Å². The molecule has 1 aromatic rings. The summed E-state index contributed by atoms with van der Waals surface area (Å²) in [6, 6.07) is 2.01. The number of hydrogen-bond acceptors (Lipinski definition) is 6. The quantitative estimate of drug-likeness (QED) is 0.804. The number of methoxy groups -OCH3 is 1. The normalized spacial score (nSPS) is 25.0. The van der Waals surface area contributed by atoms with Crippen LogP contribution in [-0.2, 0) is 9.53 Å². The predicted molar refractivity (Wildman–Crippen MR) is 101 cm³/mol. The lowest BCUT2D eigenvalue weighted by Gasteiger charge is -2.49. The standard InChI is InChI=1S/C19H31N5O2/c1-15-13-16(2)21-18(20-15)24-10-9-22(3)19(14-24)6-5-17(25)23(8-7-19)11-12-26-4/h13H,5-12,14H2,1-4H3. The maximum atomic E-state index is 12.5. The molecule has 3 rings (SSSR count). The van der Waals surface area contributed by atoms with E-state index in [0.29, 0.717) is 19.6 Å². The van der Waals surface area contributed by atoms with Crippen LogP contribution in [0.3, 0.4) is 0 Å². The third-order valence-corrected chi connectivity index (χ3v) is 5.82. The highest BCUT2D eigenvalue weighted by atomic mass is 16.5. The largest absolute Gasteiger partial charge is 0.383 e. The summed E-state index contributed by atoms with van der Waals surface area (Å²) in [5.41, 5.74) is 2.00. The predicted octanol–water partition coefficient (Wildman–Crippen LogP) is 1.24. The molecule has 3 heterocycles. The third kappa shape index (κ3) is 3.99. The Morgan fingerprint density at radius 1 is 1.15 bits per heavy atom. The number of likely N-dealkylation sites (N-methyl/N-ethyl adjacent to an activating group) is 1. The molecule has 0 saturated carbocycles. The molecule has 26 heavy (non-hydrogen) atoms. The van der Waals surface area contributed by atoms with E-state index < -0.39 is 0 Å². The van der Waals surface area contributed by atoms with Crippen molar-refractivity contribution in [3.05, 3.63) is 17.5 Å². The number of anilines is 1. The first kappa shape index (κ1) is 19.0. The second-order valence-corrected chi connectivity index (χ2v) is 7.64. The summed E-state index contributed by atoms with van der Waals surface area (Å²) in [4.78, 5) is 28.5. The van der Waals surface area contributed by atoms with Crippen LogP contribution >= 0.6 is 0 Å². The maximum absolute atomic E-state index is 12.5. The lowest BCUT2D eigenvalue weighted by molar-refractivity contribution is -0.131. The molecule has 7 heteroatoms. The SMILES string of the molecule is COCCN1CCC2(CCC1=O)CN(c1nc(C)cc(C)n1)CCN2C. The first-order valence-corrected chi connectivity index (χ1v) is 9.49. The number of rotatable bonds is 4. The van der Waals surface area contributed by atoms with Gasteiger partial charge in [0, 0.05) is 63.2 Å². The van der Waals surface area contributed by atoms with Gasteiger partial charge in [0.1, 0.15) is 0 Å². The van der Waals surface area contributed by atoms with Gasteiger partial charge in [-0.15, -0.1) is 0 Å². The molecule has 7 nitrogen and oxygen atoms in total. The van der Waals surface area contributed by atoms with Gasteiger partial charge >= 0.3 is 0 Å². The number of hydrogen-bond donors (Lipinski definition) is 0. The van der Waals surface area contributed by atoms with Crippen molar-refractivity contribution >= 4 is 11.9 Å². The second kappa shape index (κ2) is 7.88. The van der Waals surface area contributed by atoms with E-state index in [1.165, 1.54) is 0 Å². The highest BCUT2D eigenvalue weighted by Gasteiger charge is 2.42. The Hall–Kier alpha value is -1.73. The van der Waals surface area contributed by atoms with E-state index >= 15 is 0 Å². The number of amides is 1. The van der Waals surface area contributed by atoms with Crippen LogP contribution in [0.4, 0.5) is 5.95 Å². The molecule has 1 atom stereocenters. The zero-order valence-electron chi connectivity index (χ0n) is 16.5. The van der Waals surface area contributed by atoms with Gasteiger partial charge in [-0.25, -0.2) is 9.97 Å². The molecule has 0 aromatic carbocycles. The fourth-order valence-electron chi connectivity index (χ4n) is 4.15. The van der Waals surface area contributed by atoms with Crippen molar-refractivity contribution in [3.8, 4) is 0 Å². The highest BCUT2D eigenvalue weighted by Crippen LogP contribution is 2.33. The van der Waals surface area contributed by atoms with Crippen LogP contribution in [0.1, 0.15) is 30.7 Å². The summed E-state index contributed by atoms with van der Waals surface area (Å²) in [5.74, 6) is 1.06. The minimum Gasteiger partial charge on any atom is -0.383 e. The van der Waals surface area contributed by atoms with Gasteiger partial charge in [0.05, 0.1) is 6.61 Å². The molecule has 2 saturated heterocycles. The smallest absolute Gasteiger partial charge is 0.225 e. The molecule has 0 aliphatic carbocycles. The van der Waals surface area contributed by atoms with Crippen molar-refractivity contribution in [1.29, 1.82) is 0 Å². The van der Waals surface area contributed by atoms with E-state index in [4.69, 9.17) is 4.74 Å². The van der Waals surface area contributed by atoms with E-state index in [-0.39, 0.29) is 11.4 Å². The monoisotopic (exact) mass is 361 g/mol. The molecule has 1 amide bonds. The molecule has 0 N–H and O–H groups in total. The van der Waals surface area contributed by atoms with Crippen LogP contribution in [0, 0.1) is 13.8 Å². The molecule has 1 spiro atoms. The van der Waals surface area contributed by atoms with Crippen molar-refractivity contribution in [2.24, 2.45) is 0 Å². The first-order chi connectivity index (χ1) is 12.4. The number of piperazine rings is 1. The highest BCUT2D eigenvalue weighted by molar-refractivity contribution is 5.76. The average molecular weight is 361 g/mol. The second-order valence-electron chi connectivity index (χ2n) is 7.64. The molecule has 2 aliphatic rings. The fraction of sp³-hybridized carbons (Fsp3) is 0.737. The van der Waals surface area contributed by atoms with E-state index in [1.807, 2.05) is 24.8 Å². The number of aromatic nitrogens is 2. The number of nitrogens with zero attached hydrogens (tertiary/aromatic N) is 5. The van der Waals surface area contributed by atoms with Gasteiger partial charge in [-0.2, -0.15) is 0 Å².